The summed E-state index contributed by atoms with van der Waals surface area (Å²) in [5.74, 6) is 0.164. The molecule has 0 amide bonds. The SMILES string of the molecule is Nc1cc(CN2CCc3sccc3C2)ccc1O. The second kappa shape index (κ2) is 4.63. The van der Waals surface area contributed by atoms with E-state index in [4.69, 9.17) is 5.73 Å². The predicted molar refractivity (Wildman–Crippen MR) is 74.7 cm³/mol. The van der Waals surface area contributed by atoms with Gasteiger partial charge in [-0.05, 0) is 41.1 Å². The van der Waals surface area contributed by atoms with E-state index in [-0.39, 0.29) is 5.75 Å². The number of nitrogens with two attached hydrogens (primary N) is 1. The molecule has 0 fully saturated rings. The van der Waals surface area contributed by atoms with Crippen LogP contribution in [0.2, 0.25) is 0 Å². The largest absolute Gasteiger partial charge is 0.506 e. The molecule has 0 bridgehead atoms. The Bertz CT molecular complexity index is 565. The second-order valence-electron chi connectivity index (χ2n) is 4.72. The number of thiophene rings is 1. The van der Waals surface area contributed by atoms with E-state index in [9.17, 15) is 5.11 Å². The average Bonchev–Trinajstić information content (AvgIpc) is 2.81. The Morgan fingerprint density at radius 3 is 3.06 bits per heavy atom. The first kappa shape index (κ1) is 11.6. The molecular weight excluding hydrogens is 244 g/mol. The molecule has 1 aromatic heterocycles. The summed E-state index contributed by atoms with van der Waals surface area (Å²) in [4.78, 5) is 3.94. The highest BCUT2D eigenvalue weighted by Gasteiger charge is 2.17. The molecule has 3 rings (SSSR count). The first-order chi connectivity index (χ1) is 8.72. The van der Waals surface area contributed by atoms with Crippen molar-refractivity contribution in [1.29, 1.82) is 0 Å². The molecule has 0 unspecified atom stereocenters. The van der Waals surface area contributed by atoms with Gasteiger partial charge < -0.3 is 10.8 Å². The van der Waals surface area contributed by atoms with E-state index >= 15 is 0 Å². The molecule has 2 heterocycles. The van der Waals surface area contributed by atoms with Crippen LogP contribution in [0.3, 0.4) is 0 Å². The van der Waals surface area contributed by atoms with Crippen molar-refractivity contribution in [2.75, 3.05) is 12.3 Å². The zero-order valence-corrected chi connectivity index (χ0v) is 10.9. The lowest BCUT2D eigenvalue weighted by molar-refractivity contribution is 0.247. The average molecular weight is 260 g/mol. The first-order valence-corrected chi connectivity index (χ1v) is 6.95. The lowest BCUT2D eigenvalue weighted by atomic mass is 10.1. The fourth-order valence-electron chi connectivity index (χ4n) is 2.40. The highest BCUT2D eigenvalue weighted by molar-refractivity contribution is 7.10. The minimum atomic E-state index is 0.164. The Labute approximate surface area is 110 Å². The number of fused-ring (bicyclic) bond motifs is 1. The molecule has 3 N–H and O–H groups in total. The van der Waals surface area contributed by atoms with Gasteiger partial charge in [0.2, 0.25) is 0 Å². The zero-order chi connectivity index (χ0) is 12.5. The van der Waals surface area contributed by atoms with Gasteiger partial charge >= 0.3 is 0 Å². The third kappa shape index (κ3) is 2.21. The molecule has 94 valence electrons. The van der Waals surface area contributed by atoms with Crippen molar-refractivity contribution in [2.45, 2.75) is 19.5 Å². The number of phenolic OH excluding ortho intramolecular Hbond substituents is 1. The predicted octanol–water partition coefficient (Wildman–Crippen LogP) is 2.59. The van der Waals surface area contributed by atoms with Gasteiger partial charge in [0.1, 0.15) is 5.75 Å². The van der Waals surface area contributed by atoms with Crippen molar-refractivity contribution in [2.24, 2.45) is 0 Å². The van der Waals surface area contributed by atoms with Gasteiger partial charge in [-0.1, -0.05) is 6.07 Å². The number of benzene rings is 1. The van der Waals surface area contributed by atoms with E-state index in [0.29, 0.717) is 5.69 Å². The molecule has 0 spiro atoms. The molecule has 0 atom stereocenters. The summed E-state index contributed by atoms with van der Waals surface area (Å²) in [6, 6.07) is 7.69. The molecule has 1 aromatic carbocycles. The van der Waals surface area contributed by atoms with E-state index in [1.165, 1.54) is 10.4 Å². The van der Waals surface area contributed by atoms with Crippen LogP contribution in [-0.2, 0) is 19.5 Å². The monoisotopic (exact) mass is 260 g/mol. The molecular formula is C14H16N2OS. The number of nitrogen functional groups attached to an aromatic ring is 1. The van der Waals surface area contributed by atoms with Gasteiger partial charge in [-0.15, -0.1) is 11.3 Å². The van der Waals surface area contributed by atoms with E-state index < -0.39 is 0 Å². The summed E-state index contributed by atoms with van der Waals surface area (Å²) in [5.41, 5.74) is 8.79. The molecule has 3 nitrogen and oxygen atoms in total. The van der Waals surface area contributed by atoms with Crippen LogP contribution in [0, 0.1) is 0 Å². The Kier molecular flexibility index (Phi) is 2.97. The van der Waals surface area contributed by atoms with Gasteiger partial charge in [-0.25, -0.2) is 0 Å². The van der Waals surface area contributed by atoms with Crippen molar-refractivity contribution in [3.05, 3.63) is 45.6 Å². The number of rotatable bonds is 2. The van der Waals surface area contributed by atoms with E-state index in [1.54, 1.807) is 6.07 Å². The van der Waals surface area contributed by atoms with Crippen LogP contribution in [0.15, 0.2) is 29.6 Å². The molecule has 1 aliphatic rings. The standard InChI is InChI=1S/C14H16N2OS/c15-12-7-10(1-2-13(12)17)8-16-5-3-14-11(9-16)4-6-18-14/h1-2,4,6-7,17H,3,5,8-9,15H2. The maximum atomic E-state index is 9.41. The highest BCUT2D eigenvalue weighted by Crippen LogP contribution is 2.26. The number of nitrogens with zero attached hydrogens (tertiary/aromatic N) is 1. The Hall–Kier alpha value is -1.52. The van der Waals surface area contributed by atoms with Crippen molar-refractivity contribution in [1.82, 2.24) is 4.90 Å². The van der Waals surface area contributed by atoms with E-state index in [1.807, 2.05) is 23.5 Å². The molecule has 0 saturated heterocycles. The van der Waals surface area contributed by atoms with Crippen LogP contribution in [0.4, 0.5) is 5.69 Å². The lowest BCUT2D eigenvalue weighted by Crippen LogP contribution is -2.29. The molecule has 0 aliphatic carbocycles. The van der Waals surface area contributed by atoms with Crippen LogP contribution in [-0.4, -0.2) is 16.6 Å². The van der Waals surface area contributed by atoms with Gasteiger partial charge in [-0.3, -0.25) is 4.90 Å². The van der Waals surface area contributed by atoms with Gasteiger partial charge in [0.15, 0.2) is 0 Å². The summed E-state index contributed by atoms with van der Waals surface area (Å²) in [5, 5.41) is 11.6. The fraction of sp³-hybridized carbons (Fsp3) is 0.286. The van der Waals surface area contributed by atoms with Crippen molar-refractivity contribution < 1.29 is 5.11 Å². The Morgan fingerprint density at radius 1 is 1.33 bits per heavy atom. The smallest absolute Gasteiger partial charge is 0.138 e. The zero-order valence-electron chi connectivity index (χ0n) is 10.1. The van der Waals surface area contributed by atoms with Gasteiger partial charge in [0.25, 0.3) is 0 Å². The topological polar surface area (TPSA) is 49.5 Å². The van der Waals surface area contributed by atoms with Crippen LogP contribution in [0.1, 0.15) is 16.0 Å². The minimum Gasteiger partial charge on any atom is -0.506 e. The Morgan fingerprint density at radius 2 is 2.22 bits per heavy atom. The number of phenols is 1. The molecule has 0 saturated carbocycles. The molecule has 1 aliphatic heterocycles. The van der Waals surface area contributed by atoms with Crippen molar-refractivity contribution >= 4 is 17.0 Å². The summed E-state index contributed by atoms with van der Waals surface area (Å²) >= 11 is 1.86. The summed E-state index contributed by atoms with van der Waals surface area (Å²) in [6.45, 7) is 2.99. The molecule has 4 heteroatoms. The molecule has 18 heavy (non-hydrogen) atoms. The number of hydrogen-bond acceptors (Lipinski definition) is 4. The van der Waals surface area contributed by atoms with Crippen molar-refractivity contribution in [3.8, 4) is 5.75 Å². The maximum absolute atomic E-state index is 9.41. The van der Waals surface area contributed by atoms with Gasteiger partial charge in [0, 0.05) is 24.5 Å². The van der Waals surface area contributed by atoms with Crippen LogP contribution in [0.5, 0.6) is 5.75 Å². The van der Waals surface area contributed by atoms with E-state index in [2.05, 4.69) is 16.3 Å². The van der Waals surface area contributed by atoms with Crippen molar-refractivity contribution in [3.63, 3.8) is 0 Å². The second-order valence-corrected chi connectivity index (χ2v) is 5.72. The summed E-state index contributed by atoms with van der Waals surface area (Å²) < 4.78 is 0. The normalized spacial score (nSPS) is 15.6. The Balaban J connectivity index is 1.72. The summed E-state index contributed by atoms with van der Waals surface area (Å²) in [7, 11) is 0. The molecule has 0 radical (unpaired) electrons. The van der Waals surface area contributed by atoms with Gasteiger partial charge in [-0.2, -0.15) is 0 Å². The van der Waals surface area contributed by atoms with Crippen LogP contribution < -0.4 is 5.73 Å². The van der Waals surface area contributed by atoms with Gasteiger partial charge in [0.05, 0.1) is 5.69 Å². The fourth-order valence-corrected chi connectivity index (χ4v) is 3.29. The first-order valence-electron chi connectivity index (χ1n) is 6.07. The van der Waals surface area contributed by atoms with Crippen LogP contribution in [0.25, 0.3) is 0 Å². The van der Waals surface area contributed by atoms with E-state index in [0.717, 1.165) is 31.6 Å². The third-order valence-corrected chi connectivity index (χ3v) is 4.41. The lowest BCUT2D eigenvalue weighted by Gasteiger charge is -2.26. The number of hydrogen-bond donors (Lipinski definition) is 2. The quantitative estimate of drug-likeness (QED) is 0.644. The minimum absolute atomic E-state index is 0.164. The maximum Gasteiger partial charge on any atom is 0.138 e. The van der Waals surface area contributed by atoms with Crippen LogP contribution >= 0.6 is 11.3 Å². The highest BCUT2D eigenvalue weighted by atomic mass is 32.1. The number of aromatic hydroxyl groups is 1. The summed E-state index contributed by atoms with van der Waals surface area (Å²) in [6.07, 6.45) is 1.14. The third-order valence-electron chi connectivity index (χ3n) is 3.38. The molecule has 2 aromatic rings. The number of anilines is 1.